The normalized spacial score (nSPS) is 13.7. The van der Waals surface area contributed by atoms with E-state index < -0.39 is 0 Å². The van der Waals surface area contributed by atoms with Gasteiger partial charge in [-0.15, -0.1) is 10.2 Å². The van der Waals surface area contributed by atoms with Crippen molar-refractivity contribution in [1.29, 1.82) is 0 Å². The van der Waals surface area contributed by atoms with E-state index in [1.54, 1.807) is 30.3 Å². The molecule has 0 spiro atoms. The highest BCUT2D eigenvalue weighted by Gasteiger charge is 2.18. The average molecular weight is 449 g/mol. The van der Waals surface area contributed by atoms with Crippen LogP contribution in [0.25, 0.3) is 11.5 Å². The molecule has 0 bridgehead atoms. The van der Waals surface area contributed by atoms with Crippen LogP contribution in [0.5, 0.6) is 0 Å². The summed E-state index contributed by atoms with van der Waals surface area (Å²) < 4.78 is 5.62. The second kappa shape index (κ2) is 9.07. The first kappa shape index (κ1) is 20.1. The van der Waals surface area contributed by atoms with Gasteiger partial charge in [-0.2, -0.15) is 0 Å². The molecule has 29 heavy (non-hydrogen) atoms. The number of amides is 1. The summed E-state index contributed by atoms with van der Waals surface area (Å²) in [5, 5.41) is 12.5. The number of thioether (sulfide) groups is 1. The van der Waals surface area contributed by atoms with Crippen molar-refractivity contribution < 1.29 is 9.21 Å². The van der Waals surface area contributed by atoms with Gasteiger partial charge in [-0.05, 0) is 55.3 Å². The highest BCUT2D eigenvalue weighted by molar-refractivity contribution is 7.99. The molecule has 9 heteroatoms. The summed E-state index contributed by atoms with van der Waals surface area (Å²) in [5.74, 6) is 0.369. The lowest BCUT2D eigenvalue weighted by Crippen LogP contribution is -2.21. The Balaban J connectivity index is 1.38. The first-order valence-corrected chi connectivity index (χ1v) is 10.9. The first-order valence-electron chi connectivity index (χ1n) is 9.15. The fourth-order valence-corrected chi connectivity index (χ4v) is 3.99. The molecule has 0 unspecified atom stereocenters. The molecule has 1 saturated heterocycles. The zero-order valence-corrected chi connectivity index (χ0v) is 17.7. The Morgan fingerprint density at radius 2 is 1.79 bits per heavy atom. The number of carbonyl (C=O) groups is 1. The van der Waals surface area contributed by atoms with Gasteiger partial charge in [0, 0.05) is 28.7 Å². The minimum absolute atomic E-state index is 0.147. The summed E-state index contributed by atoms with van der Waals surface area (Å²) in [6.45, 7) is 1.96. The fourth-order valence-electron chi connectivity index (χ4n) is 3.13. The van der Waals surface area contributed by atoms with Gasteiger partial charge in [-0.3, -0.25) is 4.79 Å². The summed E-state index contributed by atoms with van der Waals surface area (Å²) in [6, 6.07) is 12.7. The van der Waals surface area contributed by atoms with Crippen LogP contribution >= 0.6 is 35.0 Å². The predicted octanol–water partition coefficient (Wildman–Crippen LogP) is 5.37. The maximum atomic E-state index is 12.5. The lowest BCUT2D eigenvalue weighted by Gasteiger charge is -2.21. The topological polar surface area (TPSA) is 71.3 Å². The zero-order valence-electron chi connectivity index (χ0n) is 15.4. The molecule has 1 aromatic heterocycles. The van der Waals surface area contributed by atoms with Crippen molar-refractivity contribution in [2.75, 3.05) is 29.1 Å². The Labute approximate surface area is 182 Å². The van der Waals surface area contributed by atoms with Gasteiger partial charge in [0.2, 0.25) is 11.8 Å². The molecule has 150 valence electrons. The summed E-state index contributed by atoms with van der Waals surface area (Å²) in [5.41, 5.74) is 2.48. The van der Waals surface area contributed by atoms with E-state index in [4.69, 9.17) is 27.6 Å². The molecule has 1 amide bonds. The molecular weight excluding hydrogens is 431 g/mol. The SMILES string of the molecule is O=C(CSc1nnc(-c2ccc(Cl)cc2)o1)Nc1cc(Cl)ccc1N1CCCC1. The Bertz CT molecular complexity index is 1000. The largest absolute Gasteiger partial charge is 0.411 e. The quantitative estimate of drug-likeness (QED) is 0.510. The van der Waals surface area contributed by atoms with Crippen LogP contribution in [-0.4, -0.2) is 34.9 Å². The Morgan fingerprint density at radius 3 is 2.55 bits per heavy atom. The molecule has 4 rings (SSSR count). The van der Waals surface area contributed by atoms with Crippen LogP contribution in [0.3, 0.4) is 0 Å². The molecule has 1 aliphatic rings. The third-order valence-electron chi connectivity index (χ3n) is 4.50. The van der Waals surface area contributed by atoms with Gasteiger partial charge >= 0.3 is 0 Å². The smallest absolute Gasteiger partial charge is 0.277 e. The van der Waals surface area contributed by atoms with Crippen LogP contribution in [-0.2, 0) is 4.79 Å². The number of halogens is 2. The standard InChI is InChI=1S/C20H18Cl2N4O2S/c21-14-5-3-13(4-6-14)19-24-25-20(28-19)29-12-18(27)23-16-11-15(22)7-8-17(16)26-9-1-2-10-26/h3-8,11H,1-2,9-10,12H2,(H,23,27). The monoisotopic (exact) mass is 448 g/mol. The van der Waals surface area contributed by atoms with Gasteiger partial charge in [0.25, 0.3) is 5.22 Å². The van der Waals surface area contributed by atoms with E-state index >= 15 is 0 Å². The number of benzene rings is 2. The molecule has 0 radical (unpaired) electrons. The van der Waals surface area contributed by atoms with E-state index in [-0.39, 0.29) is 11.7 Å². The Kier molecular flexibility index (Phi) is 6.28. The molecule has 3 aromatic rings. The second-order valence-corrected chi connectivity index (χ2v) is 8.37. The van der Waals surface area contributed by atoms with Gasteiger partial charge in [-0.1, -0.05) is 35.0 Å². The number of rotatable bonds is 6. The molecule has 1 aliphatic heterocycles. The van der Waals surface area contributed by atoms with Crippen LogP contribution in [0.4, 0.5) is 11.4 Å². The molecule has 0 aliphatic carbocycles. The Hall–Kier alpha value is -2.22. The molecule has 0 saturated carbocycles. The van der Waals surface area contributed by atoms with Crippen molar-refractivity contribution in [3.05, 3.63) is 52.5 Å². The van der Waals surface area contributed by atoms with Crippen LogP contribution in [0.2, 0.25) is 10.0 Å². The Morgan fingerprint density at radius 1 is 1.07 bits per heavy atom. The van der Waals surface area contributed by atoms with Crippen LogP contribution in [0.15, 0.2) is 52.1 Å². The molecule has 2 aromatic carbocycles. The maximum Gasteiger partial charge on any atom is 0.277 e. The summed E-state index contributed by atoms with van der Waals surface area (Å²) in [6.07, 6.45) is 2.30. The maximum absolute atomic E-state index is 12.5. The van der Waals surface area contributed by atoms with Gasteiger partial charge in [-0.25, -0.2) is 0 Å². The van der Waals surface area contributed by atoms with Crippen LogP contribution in [0.1, 0.15) is 12.8 Å². The van der Waals surface area contributed by atoms with Crippen molar-refractivity contribution in [2.24, 2.45) is 0 Å². The van der Waals surface area contributed by atoms with E-state index in [9.17, 15) is 4.79 Å². The van der Waals surface area contributed by atoms with Gasteiger partial charge in [0.1, 0.15) is 0 Å². The molecule has 6 nitrogen and oxygen atoms in total. The number of nitrogens with one attached hydrogen (secondary N) is 1. The third-order valence-corrected chi connectivity index (χ3v) is 5.81. The van der Waals surface area contributed by atoms with Crippen molar-refractivity contribution in [3.8, 4) is 11.5 Å². The second-order valence-electron chi connectivity index (χ2n) is 6.57. The molecule has 2 heterocycles. The molecular formula is C20H18Cl2N4O2S. The number of hydrogen-bond acceptors (Lipinski definition) is 6. The van der Waals surface area contributed by atoms with Crippen molar-refractivity contribution in [2.45, 2.75) is 18.1 Å². The van der Waals surface area contributed by atoms with E-state index in [0.29, 0.717) is 21.2 Å². The summed E-state index contributed by atoms with van der Waals surface area (Å²) >= 11 is 13.2. The minimum Gasteiger partial charge on any atom is -0.411 e. The zero-order chi connectivity index (χ0) is 20.2. The fraction of sp³-hybridized carbons (Fsp3) is 0.250. The summed E-state index contributed by atoms with van der Waals surface area (Å²) in [4.78, 5) is 14.7. The number of anilines is 2. The number of carbonyl (C=O) groups excluding carboxylic acids is 1. The van der Waals surface area contributed by atoms with Gasteiger partial charge in [0.05, 0.1) is 17.1 Å². The van der Waals surface area contributed by atoms with E-state index in [2.05, 4.69) is 20.4 Å². The van der Waals surface area contributed by atoms with E-state index in [0.717, 1.165) is 42.9 Å². The number of hydrogen-bond donors (Lipinski definition) is 1. The first-order chi connectivity index (χ1) is 14.1. The molecule has 0 atom stereocenters. The van der Waals surface area contributed by atoms with Crippen molar-refractivity contribution >= 4 is 52.2 Å². The molecule has 1 N–H and O–H groups in total. The predicted molar refractivity (Wildman–Crippen MR) is 117 cm³/mol. The van der Waals surface area contributed by atoms with Crippen LogP contribution in [0, 0.1) is 0 Å². The minimum atomic E-state index is -0.163. The van der Waals surface area contributed by atoms with Gasteiger partial charge < -0.3 is 14.6 Å². The third kappa shape index (κ3) is 5.04. The molecule has 1 fully saturated rings. The van der Waals surface area contributed by atoms with Crippen molar-refractivity contribution in [1.82, 2.24) is 10.2 Å². The lowest BCUT2D eigenvalue weighted by atomic mass is 10.2. The average Bonchev–Trinajstić information content (AvgIpc) is 3.39. The summed E-state index contributed by atoms with van der Waals surface area (Å²) in [7, 11) is 0. The number of aromatic nitrogens is 2. The number of nitrogens with zero attached hydrogens (tertiary/aromatic N) is 3. The van der Waals surface area contributed by atoms with Crippen molar-refractivity contribution in [3.63, 3.8) is 0 Å². The van der Waals surface area contributed by atoms with E-state index in [1.807, 2.05) is 12.1 Å². The lowest BCUT2D eigenvalue weighted by molar-refractivity contribution is -0.113. The van der Waals surface area contributed by atoms with Crippen LogP contribution < -0.4 is 10.2 Å². The highest BCUT2D eigenvalue weighted by Crippen LogP contribution is 2.32. The van der Waals surface area contributed by atoms with E-state index in [1.165, 1.54) is 11.8 Å². The highest BCUT2D eigenvalue weighted by atomic mass is 35.5. The van der Waals surface area contributed by atoms with Gasteiger partial charge in [0.15, 0.2) is 0 Å².